The van der Waals surface area contributed by atoms with Crippen molar-refractivity contribution in [2.75, 3.05) is 0 Å². The molecule has 1 N–H and O–H groups in total. The first-order valence-corrected chi connectivity index (χ1v) is 6.58. The Kier molecular flexibility index (Phi) is 3.99. The zero-order valence-electron chi connectivity index (χ0n) is 9.11. The molecule has 0 radical (unpaired) electrons. The van der Waals surface area contributed by atoms with Gasteiger partial charge in [-0.05, 0) is 47.0 Å². The number of nitrogens with one attached hydrogen (secondary N) is 1. The van der Waals surface area contributed by atoms with E-state index >= 15 is 0 Å². The van der Waals surface area contributed by atoms with Crippen LogP contribution in [0.15, 0.2) is 41.1 Å². The van der Waals surface area contributed by atoms with Gasteiger partial charge in [0.05, 0.1) is 0 Å². The van der Waals surface area contributed by atoms with Crippen molar-refractivity contribution in [1.29, 1.82) is 0 Å². The van der Waals surface area contributed by atoms with E-state index < -0.39 is 0 Å². The predicted octanol–water partition coefficient (Wildman–Crippen LogP) is 4.25. The summed E-state index contributed by atoms with van der Waals surface area (Å²) in [6.07, 6.45) is 0. The van der Waals surface area contributed by atoms with Gasteiger partial charge in [0, 0.05) is 17.6 Å². The van der Waals surface area contributed by atoms with Gasteiger partial charge in [-0.2, -0.15) is 11.3 Å². The van der Waals surface area contributed by atoms with E-state index in [0.29, 0.717) is 6.04 Å². The van der Waals surface area contributed by atoms with Crippen LogP contribution in [-0.2, 0) is 6.54 Å². The third kappa shape index (κ3) is 3.08. The molecule has 1 atom stereocenters. The van der Waals surface area contributed by atoms with Gasteiger partial charge < -0.3 is 5.32 Å². The van der Waals surface area contributed by atoms with Crippen LogP contribution in [0.2, 0.25) is 5.02 Å². The highest BCUT2D eigenvalue weighted by Crippen LogP contribution is 2.17. The smallest absolute Gasteiger partial charge is 0.0409 e. The number of hydrogen-bond acceptors (Lipinski definition) is 2. The van der Waals surface area contributed by atoms with Crippen LogP contribution in [0.3, 0.4) is 0 Å². The third-order valence-corrected chi connectivity index (χ3v) is 3.48. The highest BCUT2D eigenvalue weighted by molar-refractivity contribution is 7.07. The molecule has 0 saturated carbocycles. The Hall–Kier alpha value is -0.830. The molecular formula is C13H14ClNS. The predicted molar refractivity (Wildman–Crippen MR) is 71.0 cm³/mol. The largest absolute Gasteiger partial charge is 0.306 e. The Balaban J connectivity index is 1.92. The lowest BCUT2D eigenvalue weighted by Crippen LogP contribution is -2.17. The van der Waals surface area contributed by atoms with Crippen LogP contribution in [0.1, 0.15) is 24.1 Å². The molecular weight excluding hydrogens is 238 g/mol. The Labute approximate surface area is 105 Å². The second kappa shape index (κ2) is 5.48. The van der Waals surface area contributed by atoms with Crippen molar-refractivity contribution < 1.29 is 0 Å². The van der Waals surface area contributed by atoms with Gasteiger partial charge in [-0.3, -0.25) is 0 Å². The van der Waals surface area contributed by atoms with Crippen molar-refractivity contribution in [1.82, 2.24) is 5.32 Å². The van der Waals surface area contributed by atoms with Crippen molar-refractivity contribution in [3.8, 4) is 0 Å². The summed E-state index contributed by atoms with van der Waals surface area (Å²) in [7, 11) is 0. The quantitative estimate of drug-likeness (QED) is 0.857. The number of rotatable bonds is 4. The van der Waals surface area contributed by atoms with Crippen LogP contribution in [0.4, 0.5) is 0 Å². The second-order valence-corrected chi connectivity index (χ2v) is 5.01. The Morgan fingerprint density at radius 1 is 1.38 bits per heavy atom. The normalized spacial score (nSPS) is 12.6. The minimum atomic E-state index is 0.380. The van der Waals surface area contributed by atoms with E-state index in [1.54, 1.807) is 11.3 Å². The topological polar surface area (TPSA) is 12.0 Å². The van der Waals surface area contributed by atoms with E-state index in [2.05, 4.69) is 35.1 Å². The Morgan fingerprint density at radius 3 is 2.94 bits per heavy atom. The van der Waals surface area contributed by atoms with Gasteiger partial charge in [-0.1, -0.05) is 23.7 Å². The fourth-order valence-electron chi connectivity index (χ4n) is 1.56. The summed E-state index contributed by atoms with van der Waals surface area (Å²) in [6, 6.07) is 10.5. The zero-order chi connectivity index (χ0) is 11.4. The number of thiophene rings is 1. The van der Waals surface area contributed by atoms with Crippen molar-refractivity contribution in [3.05, 3.63) is 57.2 Å². The van der Waals surface area contributed by atoms with Crippen molar-refractivity contribution in [2.45, 2.75) is 19.5 Å². The molecule has 84 valence electrons. The molecule has 0 aliphatic rings. The SMILES string of the molecule is CC(NCc1cccc(Cl)c1)c1ccsc1. The highest BCUT2D eigenvalue weighted by Gasteiger charge is 2.04. The van der Waals surface area contributed by atoms with Gasteiger partial charge in [0.15, 0.2) is 0 Å². The average molecular weight is 252 g/mol. The molecule has 2 rings (SSSR count). The summed E-state index contributed by atoms with van der Waals surface area (Å²) < 4.78 is 0. The fraction of sp³-hybridized carbons (Fsp3) is 0.231. The molecule has 0 spiro atoms. The van der Waals surface area contributed by atoms with Gasteiger partial charge in [-0.25, -0.2) is 0 Å². The molecule has 0 aliphatic heterocycles. The summed E-state index contributed by atoms with van der Waals surface area (Å²) in [4.78, 5) is 0. The summed E-state index contributed by atoms with van der Waals surface area (Å²) in [6.45, 7) is 3.02. The molecule has 1 heterocycles. The average Bonchev–Trinajstić information content (AvgIpc) is 2.79. The number of benzene rings is 1. The van der Waals surface area contributed by atoms with Crippen LogP contribution < -0.4 is 5.32 Å². The maximum atomic E-state index is 5.93. The summed E-state index contributed by atoms with van der Waals surface area (Å²) in [5, 5.41) is 8.55. The first-order valence-electron chi connectivity index (χ1n) is 5.25. The van der Waals surface area contributed by atoms with E-state index in [9.17, 15) is 0 Å². The molecule has 0 bridgehead atoms. The molecule has 1 aromatic heterocycles. The first kappa shape index (κ1) is 11.6. The summed E-state index contributed by atoms with van der Waals surface area (Å²) in [5.74, 6) is 0. The van der Waals surface area contributed by atoms with Crippen molar-refractivity contribution in [3.63, 3.8) is 0 Å². The second-order valence-electron chi connectivity index (χ2n) is 3.79. The van der Waals surface area contributed by atoms with Gasteiger partial charge in [0.2, 0.25) is 0 Å². The molecule has 0 amide bonds. The lowest BCUT2D eigenvalue weighted by molar-refractivity contribution is 0.576. The third-order valence-electron chi connectivity index (χ3n) is 2.54. The molecule has 3 heteroatoms. The van der Waals surface area contributed by atoms with Gasteiger partial charge in [-0.15, -0.1) is 0 Å². The first-order chi connectivity index (χ1) is 7.75. The van der Waals surface area contributed by atoms with E-state index in [1.807, 2.05) is 18.2 Å². The molecule has 2 aromatic rings. The van der Waals surface area contributed by atoms with E-state index in [4.69, 9.17) is 11.6 Å². The lowest BCUT2D eigenvalue weighted by Gasteiger charge is -2.12. The maximum Gasteiger partial charge on any atom is 0.0409 e. The molecule has 0 aliphatic carbocycles. The van der Waals surface area contributed by atoms with Crippen LogP contribution in [0.25, 0.3) is 0 Å². The van der Waals surface area contributed by atoms with E-state index in [-0.39, 0.29) is 0 Å². The zero-order valence-corrected chi connectivity index (χ0v) is 10.7. The van der Waals surface area contributed by atoms with Crippen molar-refractivity contribution >= 4 is 22.9 Å². The number of hydrogen-bond donors (Lipinski definition) is 1. The molecule has 16 heavy (non-hydrogen) atoms. The molecule has 0 saturated heterocycles. The molecule has 1 unspecified atom stereocenters. The molecule has 1 nitrogen and oxygen atoms in total. The van der Waals surface area contributed by atoms with Crippen molar-refractivity contribution in [2.24, 2.45) is 0 Å². The minimum absolute atomic E-state index is 0.380. The van der Waals surface area contributed by atoms with Crippen LogP contribution in [-0.4, -0.2) is 0 Å². The van der Waals surface area contributed by atoms with Crippen LogP contribution >= 0.6 is 22.9 Å². The van der Waals surface area contributed by atoms with Gasteiger partial charge >= 0.3 is 0 Å². The van der Waals surface area contributed by atoms with E-state index in [1.165, 1.54) is 11.1 Å². The fourth-order valence-corrected chi connectivity index (χ4v) is 2.52. The molecule has 1 aromatic carbocycles. The van der Waals surface area contributed by atoms with Crippen LogP contribution in [0.5, 0.6) is 0 Å². The number of halogens is 1. The Morgan fingerprint density at radius 2 is 2.25 bits per heavy atom. The molecule has 0 fully saturated rings. The van der Waals surface area contributed by atoms with Gasteiger partial charge in [0.25, 0.3) is 0 Å². The van der Waals surface area contributed by atoms with Gasteiger partial charge in [0.1, 0.15) is 0 Å². The lowest BCUT2D eigenvalue weighted by atomic mass is 10.1. The monoisotopic (exact) mass is 251 g/mol. The maximum absolute atomic E-state index is 5.93. The Bertz CT molecular complexity index is 439. The van der Waals surface area contributed by atoms with Crippen LogP contribution in [0, 0.1) is 0 Å². The van der Waals surface area contributed by atoms with E-state index in [0.717, 1.165) is 11.6 Å². The minimum Gasteiger partial charge on any atom is -0.306 e. The summed E-state index contributed by atoms with van der Waals surface area (Å²) in [5.41, 5.74) is 2.56. The standard InChI is InChI=1S/C13H14ClNS/c1-10(12-5-6-16-9-12)15-8-11-3-2-4-13(14)7-11/h2-7,9-10,15H,8H2,1H3. The summed E-state index contributed by atoms with van der Waals surface area (Å²) >= 11 is 7.66. The highest BCUT2D eigenvalue weighted by atomic mass is 35.5.